The van der Waals surface area contributed by atoms with Gasteiger partial charge in [-0.2, -0.15) is 0 Å². The summed E-state index contributed by atoms with van der Waals surface area (Å²) < 4.78 is 7.17. The zero-order chi connectivity index (χ0) is 10.4. The monoisotopic (exact) mass is 323 g/mol. The lowest BCUT2D eigenvalue weighted by Gasteiger charge is -2.00. The van der Waals surface area contributed by atoms with Crippen LogP contribution in [0.5, 0.6) is 0 Å². The molecule has 0 radical (unpaired) electrons. The summed E-state index contributed by atoms with van der Waals surface area (Å²) >= 11 is 6.69. The average molecular weight is 325 g/mol. The maximum atomic E-state index is 5.43. The molecule has 1 heterocycles. The largest absolute Gasteiger partial charge is 0.452 e. The SMILES string of the molecule is CCCCCNCc1cc(Br)c(Br)o1. The van der Waals surface area contributed by atoms with E-state index in [2.05, 4.69) is 44.1 Å². The molecule has 0 amide bonds. The molecule has 0 aliphatic carbocycles. The van der Waals surface area contributed by atoms with Crippen LogP contribution in [0.2, 0.25) is 0 Å². The zero-order valence-corrected chi connectivity index (χ0v) is 11.4. The van der Waals surface area contributed by atoms with Crippen molar-refractivity contribution in [1.29, 1.82) is 0 Å². The number of furan rings is 1. The van der Waals surface area contributed by atoms with E-state index in [1.165, 1.54) is 19.3 Å². The Kier molecular flexibility index (Phi) is 5.82. The topological polar surface area (TPSA) is 25.2 Å². The Morgan fingerprint density at radius 1 is 1.36 bits per heavy atom. The van der Waals surface area contributed by atoms with Gasteiger partial charge in [-0.1, -0.05) is 19.8 Å². The molecule has 0 spiro atoms. The second-order valence-electron chi connectivity index (χ2n) is 3.22. The summed E-state index contributed by atoms with van der Waals surface area (Å²) in [6, 6.07) is 1.98. The van der Waals surface area contributed by atoms with Gasteiger partial charge in [-0.15, -0.1) is 0 Å². The van der Waals surface area contributed by atoms with Crippen molar-refractivity contribution in [2.24, 2.45) is 0 Å². The number of hydrogen-bond donors (Lipinski definition) is 1. The molecule has 80 valence electrons. The lowest BCUT2D eigenvalue weighted by molar-refractivity contribution is 0.461. The second kappa shape index (κ2) is 6.64. The highest BCUT2D eigenvalue weighted by atomic mass is 79.9. The van der Waals surface area contributed by atoms with E-state index in [1.807, 2.05) is 6.07 Å². The Bertz CT molecular complexity index is 254. The summed E-state index contributed by atoms with van der Waals surface area (Å²) in [5.41, 5.74) is 0. The molecule has 4 heteroatoms. The van der Waals surface area contributed by atoms with Gasteiger partial charge in [0.05, 0.1) is 11.0 Å². The summed E-state index contributed by atoms with van der Waals surface area (Å²) in [5, 5.41) is 3.34. The van der Waals surface area contributed by atoms with Gasteiger partial charge in [0.2, 0.25) is 0 Å². The first-order chi connectivity index (χ1) is 6.74. The molecule has 0 atom stereocenters. The molecule has 0 saturated carbocycles. The van der Waals surface area contributed by atoms with Crippen LogP contribution in [0.15, 0.2) is 19.6 Å². The van der Waals surface area contributed by atoms with E-state index in [0.29, 0.717) is 0 Å². The fourth-order valence-electron chi connectivity index (χ4n) is 1.19. The van der Waals surface area contributed by atoms with E-state index in [0.717, 1.165) is 28.0 Å². The van der Waals surface area contributed by atoms with Crippen LogP contribution in [0, 0.1) is 0 Å². The zero-order valence-electron chi connectivity index (χ0n) is 8.28. The van der Waals surface area contributed by atoms with Crippen LogP contribution in [-0.2, 0) is 6.54 Å². The van der Waals surface area contributed by atoms with E-state index < -0.39 is 0 Å². The minimum absolute atomic E-state index is 0.767. The Balaban J connectivity index is 2.18. The molecular formula is C10H15Br2NO. The van der Waals surface area contributed by atoms with E-state index in [9.17, 15) is 0 Å². The molecule has 0 bridgehead atoms. The maximum absolute atomic E-state index is 5.43. The molecule has 1 aromatic heterocycles. The summed E-state index contributed by atoms with van der Waals surface area (Å²) in [6.07, 6.45) is 3.79. The van der Waals surface area contributed by atoms with Gasteiger partial charge in [-0.05, 0) is 50.9 Å². The summed E-state index contributed by atoms with van der Waals surface area (Å²) in [7, 11) is 0. The van der Waals surface area contributed by atoms with Crippen LogP contribution in [-0.4, -0.2) is 6.54 Å². The third-order valence-electron chi connectivity index (χ3n) is 1.95. The van der Waals surface area contributed by atoms with Gasteiger partial charge in [0, 0.05) is 0 Å². The lowest BCUT2D eigenvalue weighted by atomic mass is 10.2. The van der Waals surface area contributed by atoms with Crippen LogP contribution < -0.4 is 5.32 Å². The van der Waals surface area contributed by atoms with Gasteiger partial charge in [0.15, 0.2) is 4.67 Å². The highest BCUT2D eigenvalue weighted by molar-refractivity contribution is 9.13. The molecule has 0 saturated heterocycles. The van der Waals surface area contributed by atoms with Gasteiger partial charge in [0.1, 0.15) is 5.76 Å². The second-order valence-corrected chi connectivity index (χ2v) is 4.79. The van der Waals surface area contributed by atoms with Crippen molar-refractivity contribution in [1.82, 2.24) is 5.32 Å². The molecule has 0 fully saturated rings. The summed E-state index contributed by atoms with van der Waals surface area (Å²) in [4.78, 5) is 0. The lowest BCUT2D eigenvalue weighted by Crippen LogP contribution is -2.13. The molecule has 0 aliphatic heterocycles. The number of halogens is 2. The number of hydrogen-bond acceptors (Lipinski definition) is 2. The van der Waals surface area contributed by atoms with Crippen molar-refractivity contribution in [3.05, 3.63) is 21.0 Å². The van der Waals surface area contributed by atoms with E-state index in [-0.39, 0.29) is 0 Å². The molecule has 1 N–H and O–H groups in total. The first-order valence-corrected chi connectivity index (χ1v) is 6.47. The Labute approximate surface area is 102 Å². The quantitative estimate of drug-likeness (QED) is 0.797. The maximum Gasteiger partial charge on any atom is 0.183 e. The molecule has 2 nitrogen and oxygen atoms in total. The van der Waals surface area contributed by atoms with Gasteiger partial charge < -0.3 is 9.73 Å². The van der Waals surface area contributed by atoms with Gasteiger partial charge in [-0.3, -0.25) is 0 Å². The smallest absolute Gasteiger partial charge is 0.183 e. The predicted molar refractivity (Wildman–Crippen MR) is 65.3 cm³/mol. The van der Waals surface area contributed by atoms with Crippen LogP contribution in [0.25, 0.3) is 0 Å². The highest BCUT2D eigenvalue weighted by Gasteiger charge is 2.04. The fraction of sp³-hybridized carbons (Fsp3) is 0.600. The normalized spacial score (nSPS) is 10.8. The van der Waals surface area contributed by atoms with Crippen molar-refractivity contribution in [3.63, 3.8) is 0 Å². The molecule has 14 heavy (non-hydrogen) atoms. The van der Waals surface area contributed by atoms with Crippen molar-refractivity contribution in [2.45, 2.75) is 32.7 Å². The predicted octanol–water partition coefficient (Wildman–Crippen LogP) is 4.08. The number of rotatable bonds is 6. The van der Waals surface area contributed by atoms with Crippen molar-refractivity contribution >= 4 is 31.9 Å². The first kappa shape index (κ1) is 12.3. The molecule has 0 aromatic carbocycles. The number of nitrogens with one attached hydrogen (secondary N) is 1. The fourth-order valence-corrected chi connectivity index (χ4v) is 1.85. The van der Waals surface area contributed by atoms with Gasteiger partial charge in [-0.25, -0.2) is 0 Å². The Hall–Kier alpha value is 0.200. The van der Waals surface area contributed by atoms with Crippen molar-refractivity contribution in [2.75, 3.05) is 6.54 Å². The van der Waals surface area contributed by atoms with Crippen molar-refractivity contribution < 1.29 is 4.42 Å². The Morgan fingerprint density at radius 2 is 2.14 bits per heavy atom. The average Bonchev–Trinajstić information content (AvgIpc) is 2.46. The third-order valence-corrected chi connectivity index (χ3v) is 3.66. The van der Waals surface area contributed by atoms with E-state index in [1.54, 1.807) is 0 Å². The highest BCUT2D eigenvalue weighted by Crippen LogP contribution is 2.26. The summed E-state index contributed by atoms with van der Waals surface area (Å²) in [6.45, 7) is 4.07. The first-order valence-electron chi connectivity index (χ1n) is 4.88. The molecule has 0 aliphatic rings. The van der Waals surface area contributed by atoms with E-state index >= 15 is 0 Å². The molecular weight excluding hydrogens is 310 g/mol. The Morgan fingerprint density at radius 3 is 2.71 bits per heavy atom. The number of unbranched alkanes of at least 4 members (excludes halogenated alkanes) is 2. The minimum atomic E-state index is 0.767. The van der Waals surface area contributed by atoms with Crippen LogP contribution in [0.3, 0.4) is 0 Å². The molecule has 1 aromatic rings. The third kappa shape index (κ3) is 4.15. The minimum Gasteiger partial charge on any atom is -0.452 e. The van der Waals surface area contributed by atoms with E-state index in [4.69, 9.17) is 4.42 Å². The molecule has 0 unspecified atom stereocenters. The van der Waals surface area contributed by atoms with Crippen LogP contribution >= 0.6 is 31.9 Å². The van der Waals surface area contributed by atoms with Crippen molar-refractivity contribution in [3.8, 4) is 0 Å². The van der Waals surface area contributed by atoms with Crippen LogP contribution in [0.4, 0.5) is 0 Å². The standard InChI is InChI=1S/C10H15Br2NO/c1-2-3-4-5-13-7-8-6-9(11)10(12)14-8/h6,13H,2-5,7H2,1H3. The summed E-state index contributed by atoms with van der Waals surface area (Å²) in [5.74, 6) is 0.959. The van der Waals surface area contributed by atoms with Gasteiger partial charge >= 0.3 is 0 Å². The van der Waals surface area contributed by atoms with Gasteiger partial charge in [0.25, 0.3) is 0 Å². The van der Waals surface area contributed by atoms with Crippen LogP contribution in [0.1, 0.15) is 31.9 Å². The molecule has 1 rings (SSSR count).